The first-order valence-electron chi connectivity index (χ1n) is 4.19. The summed E-state index contributed by atoms with van der Waals surface area (Å²) in [5, 5.41) is 8.13. The number of carboxylic acids is 1. The molecule has 0 unspecified atom stereocenters. The summed E-state index contributed by atoms with van der Waals surface area (Å²) in [6, 6.07) is 2.84. The molecule has 3 nitrogen and oxygen atoms in total. The van der Waals surface area contributed by atoms with Crippen molar-refractivity contribution in [2.75, 3.05) is 0 Å². The van der Waals surface area contributed by atoms with Crippen LogP contribution >= 0.6 is 11.6 Å². The highest BCUT2D eigenvalue weighted by Crippen LogP contribution is 2.30. The monoisotopic (exact) mass is 248 g/mol. The largest absolute Gasteiger partial charge is 0.475 e. The summed E-state index contributed by atoms with van der Waals surface area (Å²) in [4.78, 5) is 21.4. The molecule has 1 N–H and O–H groups in total. The molecule has 6 heteroatoms. The van der Waals surface area contributed by atoms with E-state index in [-0.39, 0.29) is 16.1 Å². The maximum absolute atomic E-state index is 12.9. The fourth-order valence-corrected chi connectivity index (χ4v) is 1.35. The van der Waals surface area contributed by atoms with Gasteiger partial charge in [0.1, 0.15) is 0 Å². The Kier molecular flexibility index (Phi) is 3.28. The van der Waals surface area contributed by atoms with Gasteiger partial charge in [0.05, 0.1) is 5.02 Å². The zero-order valence-electron chi connectivity index (χ0n) is 8.13. The second-order valence-corrected chi connectivity index (χ2v) is 3.62. The first-order valence-corrected chi connectivity index (χ1v) is 4.56. The van der Waals surface area contributed by atoms with Gasteiger partial charge in [0.15, 0.2) is 0 Å². The standard InChI is InChI=1S/C10H7ClF2O3/c1-10(12,13)5-2-3-6(7(11)4-5)8(14)9(15)16/h2-4H,1H3,(H,15,16). The van der Waals surface area contributed by atoms with E-state index in [9.17, 15) is 18.4 Å². The van der Waals surface area contributed by atoms with Gasteiger partial charge < -0.3 is 5.11 Å². The van der Waals surface area contributed by atoms with Crippen molar-refractivity contribution in [3.8, 4) is 0 Å². The van der Waals surface area contributed by atoms with Crippen LogP contribution < -0.4 is 0 Å². The minimum atomic E-state index is -3.09. The molecule has 1 rings (SSSR count). The molecule has 0 aliphatic rings. The number of benzene rings is 1. The van der Waals surface area contributed by atoms with Crippen molar-refractivity contribution >= 4 is 23.4 Å². The molecule has 0 aliphatic heterocycles. The molecule has 0 saturated carbocycles. The number of carbonyl (C=O) groups excluding carboxylic acids is 1. The number of carboxylic acid groups (broad SMARTS) is 1. The fraction of sp³-hybridized carbons (Fsp3) is 0.200. The molecule has 0 heterocycles. The summed E-state index contributed by atoms with van der Waals surface area (Å²) < 4.78 is 25.7. The smallest absolute Gasteiger partial charge is 0.377 e. The number of hydrogen-bond acceptors (Lipinski definition) is 2. The van der Waals surface area contributed by atoms with Crippen LogP contribution in [0.5, 0.6) is 0 Å². The molecular weight excluding hydrogens is 242 g/mol. The van der Waals surface area contributed by atoms with Crippen molar-refractivity contribution in [1.29, 1.82) is 0 Å². The Balaban J connectivity index is 3.20. The van der Waals surface area contributed by atoms with Gasteiger partial charge in [0.25, 0.3) is 11.7 Å². The number of Topliss-reactive ketones (excluding diaryl/α,β-unsaturated/α-hetero) is 1. The van der Waals surface area contributed by atoms with Crippen LogP contribution in [0.15, 0.2) is 18.2 Å². The first kappa shape index (κ1) is 12.6. The lowest BCUT2D eigenvalue weighted by Gasteiger charge is -2.11. The lowest BCUT2D eigenvalue weighted by atomic mass is 10.0. The summed E-state index contributed by atoms with van der Waals surface area (Å²) in [6.45, 7) is 0.678. The number of rotatable bonds is 3. The maximum atomic E-state index is 12.9. The molecule has 0 aliphatic carbocycles. The van der Waals surface area contributed by atoms with Crippen LogP contribution in [0, 0.1) is 0 Å². The number of halogens is 3. The Morgan fingerprint density at radius 3 is 2.31 bits per heavy atom. The number of hydrogen-bond donors (Lipinski definition) is 1. The van der Waals surface area contributed by atoms with Crippen molar-refractivity contribution in [1.82, 2.24) is 0 Å². The molecule has 0 fully saturated rings. The SMILES string of the molecule is CC(F)(F)c1ccc(C(=O)C(=O)O)c(Cl)c1. The Morgan fingerprint density at radius 1 is 1.38 bits per heavy atom. The number of aliphatic carboxylic acids is 1. The number of ketones is 1. The normalized spacial score (nSPS) is 11.2. The van der Waals surface area contributed by atoms with Crippen LogP contribution in [0.2, 0.25) is 5.02 Å². The topological polar surface area (TPSA) is 54.4 Å². The minimum Gasteiger partial charge on any atom is -0.475 e. The third-order valence-corrected chi connectivity index (χ3v) is 2.23. The van der Waals surface area contributed by atoms with Crippen LogP contribution in [0.1, 0.15) is 22.8 Å². The van der Waals surface area contributed by atoms with Gasteiger partial charge in [0.2, 0.25) is 0 Å². The van der Waals surface area contributed by atoms with E-state index in [2.05, 4.69) is 0 Å². The van der Waals surface area contributed by atoms with E-state index in [1.165, 1.54) is 0 Å². The molecule has 0 aromatic heterocycles. The molecule has 0 atom stereocenters. The van der Waals surface area contributed by atoms with Gasteiger partial charge in [-0.3, -0.25) is 4.79 Å². The Labute approximate surface area is 94.6 Å². The van der Waals surface area contributed by atoms with E-state index < -0.39 is 17.7 Å². The van der Waals surface area contributed by atoms with Gasteiger partial charge in [-0.25, -0.2) is 13.6 Å². The lowest BCUT2D eigenvalue weighted by molar-refractivity contribution is -0.131. The van der Waals surface area contributed by atoms with Crippen LogP contribution in [-0.2, 0) is 10.7 Å². The van der Waals surface area contributed by atoms with E-state index >= 15 is 0 Å². The summed E-state index contributed by atoms with van der Waals surface area (Å²) >= 11 is 5.56. The summed E-state index contributed by atoms with van der Waals surface area (Å²) in [5.74, 6) is -6.00. The van der Waals surface area contributed by atoms with E-state index in [4.69, 9.17) is 16.7 Å². The minimum absolute atomic E-state index is 0.300. The third kappa shape index (κ3) is 2.55. The lowest BCUT2D eigenvalue weighted by Crippen LogP contribution is -2.14. The predicted molar refractivity (Wildman–Crippen MR) is 53.0 cm³/mol. The van der Waals surface area contributed by atoms with Gasteiger partial charge in [-0.1, -0.05) is 17.7 Å². The molecular formula is C10H7ClF2O3. The van der Waals surface area contributed by atoms with Crippen molar-refractivity contribution < 1.29 is 23.5 Å². The third-order valence-electron chi connectivity index (χ3n) is 1.91. The van der Waals surface area contributed by atoms with Crippen LogP contribution in [0.25, 0.3) is 0 Å². The van der Waals surface area contributed by atoms with Crippen LogP contribution in [0.4, 0.5) is 8.78 Å². The van der Waals surface area contributed by atoms with Crippen LogP contribution in [0.3, 0.4) is 0 Å². The van der Waals surface area contributed by atoms with Crippen molar-refractivity contribution in [3.05, 3.63) is 34.3 Å². The zero-order valence-corrected chi connectivity index (χ0v) is 8.89. The van der Waals surface area contributed by atoms with Gasteiger partial charge >= 0.3 is 5.97 Å². The van der Waals surface area contributed by atoms with E-state index in [0.29, 0.717) is 6.92 Å². The molecule has 1 aromatic carbocycles. The number of carbonyl (C=O) groups is 2. The maximum Gasteiger partial charge on any atom is 0.377 e. The average molecular weight is 249 g/mol. The highest BCUT2D eigenvalue weighted by Gasteiger charge is 2.26. The van der Waals surface area contributed by atoms with Gasteiger partial charge in [-0.05, 0) is 12.1 Å². The Bertz CT molecular complexity index is 452. The molecule has 0 saturated heterocycles. The quantitative estimate of drug-likeness (QED) is 0.661. The molecule has 16 heavy (non-hydrogen) atoms. The fourth-order valence-electron chi connectivity index (χ4n) is 1.09. The van der Waals surface area contributed by atoms with Gasteiger partial charge in [0, 0.05) is 18.1 Å². The zero-order chi connectivity index (χ0) is 12.5. The Morgan fingerprint density at radius 2 is 1.94 bits per heavy atom. The Hall–Kier alpha value is -1.49. The predicted octanol–water partition coefficient (Wildman–Crippen LogP) is 2.72. The molecule has 0 amide bonds. The van der Waals surface area contributed by atoms with E-state index in [1.807, 2.05) is 0 Å². The van der Waals surface area contributed by atoms with E-state index in [1.54, 1.807) is 0 Å². The molecule has 0 spiro atoms. The van der Waals surface area contributed by atoms with Crippen LogP contribution in [-0.4, -0.2) is 16.9 Å². The summed E-state index contributed by atoms with van der Waals surface area (Å²) in [5.41, 5.74) is -0.679. The van der Waals surface area contributed by atoms with Crippen molar-refractivity contribution in [3.63, 3.8) is 0 Å². The van der Waals surface area contributed by atoms with Gasteiger partial charge in [-0.2, -0.15) is 0 Å². The summed E-state index contributed by atoms with van der Waals surface area (Å²) in [6.07, 6.45) is 0. The molecule has 0 radical (unpaired) electrons. The van der Waals surface area contributed by atoms with Crippen molar-refractivity contribution in [2.45, 2.75) is 12.8 Å². The summed E-state index contributed by atoms with van der Waals surface area (Å²) in [7, 11) is 0. The average Bonchev–Trinajstić information content (AvgIpc) is 2.15. The second-order valence-electron chi connectivity index (χ2n) is 3.22. The molecule has 0 bridgehead atoms. The van der Waals surface area contributed by atoms with Gasteiger partial charge in [-0.15, -0.1) is 0 Å². The van der Waals surface area contributed by atoms with Crippen molar-refractivity contribution in [2.24, 2.45) is 0 Å². The molecule has 86 valence electrons. The highest BCUT2D eigenvalue weighted by atomic mass is 35.5. The second kappa shape index (κ2) is 4.17. The first-order chi connectivity index (χ1) is 7.23. The molecule has 1 aromatic rings. The van der Waals surface area contributed by atoms with E-state index in [0.717, 1.165) is 18.2 Å². The number of alkyl halides is 2. The highest BCUT2D eigenvalue weighted by molar-refractivity contribution is 6.45.